The van der Waals surface area contributed by atoms with E-state index in [-0.39, 0.29) is 17.0 Å². The number of nitrogens with zero attached hydrogens (tertiary/aromatic N) is 2. The van der Waals surface area contributed by atoms with E-state index in [9.17, 15) is 8.42 Å². The summed E-state index contributed by atoms with van der Waals surface area (Å²) < 4.78 is 32.1. The Hall–Kier alpha value is -1.31. The Kier molecular flexibility index (Phi) is 4.46. The average molecular weight is 313 g/mol. The zero-order valence-corrected chi connectivity index (χ0v) is 13.7. The molecule has 6 nitrogen and oxygen atoms in total. The molecule has 0 aromatic heterocycles. The summed E-state index contributed by atoms with van der Waals surface area (Å²) in [4.78, 5) is 2.40. The number of ether oxygens (including phenoxy) is 1. The minimum absolute atomic E-state index is 0.180. The number of benzene rings is 1. The van der Waals surface area contributed by atoms with Crippen molar-refractivity contribution in [2.24, 2.45) is 0 Å². The van der Waals surface area contributed by atoms with Gasteiger partial charge in [-0.2, -0.15) is 4.31 Å². The highest BCUT2D eigenvalue weighted by Crippen LogP contribution is 2.28. The predicted octanol–water partition coefficient (Wildman–Crippen LogP) is 0.990. The molecule has 1 aromatic rings. The zero-order valence-electron chi connectivity index (χ0n) is 12.9. The molecule has 0 bridgehead atoms. The van der Waals surface area contributed by atoms with Crippen molar-refractivity contribution in [3.63, 3.8) is 0 Å². The van der Waals surface area contributed by atoms with Crippen LogP contribution in [-0.2, 0) is 10.0 Å². The Morgan fingerprint density at radius 3 is 2.29 bits per heavy atom. The molecule has 1 saturated heterocycles. The van der Waals surface area contributed by atoms with Crippen LogP contribution in [0.4, 0.5) is 5.69 Å². The molecule has 1 aliphatic heterocycles. The summed E-state index contributed by atoms with van der Waals surface area (Å²) in [6, 6.07) is 4.95. The molecule has 0 spiro atoms. The number of nitrogens with two attached hydrogens (primary N) is 1. The average Bonchev–Trinajstić information content (AvgIpc) is 2.44. The van der Waals surface area contributed by atoms with Crippen molar-refractivity contribution in [1.29, 1.82) is 0 Å². The predicted molar refractivity (Wildman–Crippen MR) is 82.9 cm³/mol. The lowest BCUT2D eigenvalue weighted by molar-refractivity contribution is 0.105. The topological polar surface area (TPSA) is 75.9 Å². The Bertz CT molecular complexity index is 606. The number of hydrogen-bond donors (Lipinski definition) is 1. The van der Waals surface area contributed by atoms with Gasteiger partial charge in [0.15, 0.2) is 0 Å². The van der Waals surface area contributed by atoms with Crippen molar-refractivity contribution in [1.82, 2.24) is 9.21 Å². The van der Waals surface area contributed by atoms with Gasteiger partial charge in [-0.05, 0) is 39.1 Å². The molecular weight excluding hydrogens is 290 g/mol. The van der Waals surface area contributed by atoms with Crippen LogP contribution >= 0.6 is 0 Å². The first-order valence-corrected chi connectivity index (χ1v) is 8.37. The highest BCUT2D eigenvalue weighted by Gasteiger charge is 2.34. The summed E-state index contributed by atoms with van der Waals surface area (Å²) in [5.74, 6) is 0.481. The van der Waals surface area contributed by atoms with E-state index >= 15 is 0 Å². The molecule has 1 fully saturated rings. The molecule has 2 atom stereocenters. The van der Waals surface area contributed by atoms with E-state index in [4.69, 9.17) is 10.5 Å². The van der Waals surface area contributed by atoms with Crippen LogP contribution in [0.3, 0.4) is 0 Å². The fraction of sp³-hybridized carbons (Fsp3) is 0.571. The minimum Gasteiger partial charge on any atom is -0.495 e. The second kappa shape index (κ2) is 5.82. The quantitative estimate of drug-likeness (QED) is 0.842. The maximum Gasteiger partial charge on any atom is 0.243 e. The molecule has 0 saturated carbocycles. The lowest BCUT2D eigenvalue weighted by Crippen LogP contribution is -2.56. The fourth-order valence-corrected chi connectivity index (χ4v) is 4.21. The van der Waals surface area contributed by atoms with E-state index in [0.29, 0.717) is 24.5 Å². The second-order valence-electron chi connectivity index (χ2n) is 5.59. The van der Waals surface area contributed by atoms with Crippen molar-refractivity contribution >= 4 is 15.7 Å². The number of nitrogen functional groups attached to an aromatic ring is 1. The van der Waals surface area contributed by atoms with Crippen LogP contribution in [0.15, 0.2) is 23.1 Å². The molecule has 0 amide bonds. The normalized spacial score (nSPS) is 25.0. The van der Waals surface area contributed by atoms with Gasteiger partial charge < -0.3 is 10.5 Å². The number of rotatable bonds is 3. The fourth-order valence-electron chi connectivity index (χ4n) is 2.57. The number of methoxy groups -OCH3 is 1. The number of sulfonamides is 1. The van der Waals surface area contributed by atoms with Crippen molar-refractivity contribution < 1.29 is 13.2 Å². The lowest BCUT2D eigenvalue weighted by Gasteiger charge is -2.41. The molecule has 2 unspecified atom stereocenters. The third kappa shape index (κ3) is 3.00. The monoisotopic (exact) mass is 313 g/mol. The Labute approximate surface area is 126 Å². The van der Waals surface area contributed by atoms with Crippen molar-refractivity contribution in [2.75, 3.05) is 33.0 Å². The largest absolute Gasteiger partial charge is 0.495 e. The van der Waals surface area contributed by atoms with Gasteiger partial charge >= 0.3 is 0 Å². The zero-order chi connectivity index (χ0) is 15.8. The van der Waals surface area contributed by atoms with E-state index in [2.05, 4.69) is 4.90 Å². The van der Waals surface area contributed by atoms with Gasteiger partial charge in [-0.1, -0.05) is 0 Å². The summed E-state index contributed by atoms with van der Waals surface area (Å²) in [5, 5.41) is 0. The molecule has 0 radical (unpaired) electrons. The Morgan fingerprint density at radius 1 is 1.24 bits per heavy atom. The van der Waals surface area contributed by atoms with Gasteiger partial charge in [0.2, 0.25) is 10.0 Å². The maximum absolute atomic E-state index is 12.7. The second-order valence-corrected chi connectivity index (χ2v) is 7.53. The van der Waals surface area contributed by atoms with E-state index in [1.807, 2.05) is 20.9 Å². The summed E-state index contributed by atoms with van der Waals surface area (Å²) in [6.07, 6.45) is 0. The van der Waals surface area contributed by atoms with Gasteiger partial charge in [-0.15, -0.1) is 0 Å². The molecule has 118 valence electrons. The van der Waals surface area contributed by atoms with E-state index in [1.165, 1.54) is 23.5 Å². The Morgan fingerprint density at radius 2 is 1.81 bits per heavy atom. The van der Waals surface area contributed by atoms with Crippen LogP contribution in [-0.4, -0.2) is 57.0 Å². The molecule has 1 aliphatic rings. The van der Waals surface area contributed by atoms with Gasteiger partial charge in [0.25, 0.3) is 0 Å². The summed E-state index contributed by atoms with van der Waals surface area (Å²) in [7, 11) is -0.00548. The molecule has 1 heterocycles. The van der Waals surface area contributed by atoms with Crippen LogP contribution in [0.5, 0.6) is 5.75 Å². The number of hydrogen-bond acceptors (Lipinski definition) is 5. The maximum atomic E-state index is 12.7. The highest BCUT2D eigenvalue weighted by molar-refractivity contribution is 7.89. The van der Waals surface area contributed by atoms with Crippen LogP contribution in [0.2, 0.25) is 0 Å². The standard InChI is InChI=1S/C14H23N3O3S/c1-10-8-17(9-11(2)16(10)3)21(18,19)12-5-6-14(20-4)13(15)7-12/h5-7,10-11H,8-9,15H2,1-4H3. The van der Waals surface area contributed by atoms with Crippen LogP contribution in [0, 0.1) is 0 Å². The number of likely N-dealkylation sites (N-methyl/N-ethyl adjacent to an activating group) is 1. The van der Waals surface area contributed by atoms with Gasteiger partial charge in [0.1, 0.15) is 5.75 Å². The van der Waals surface area contributed by atoms with Gasteiger partial charge in [0, 0.05) is 25.2 Å². The Balaban J connectivity index is 2.32. The van der Waals surface area contributed by atoms with Gasteiger partial charge in [0.05, 0.1) is 17.7 Å². The van der Waals surface area contributed by atoms with E-state index in [1.54, 1.807) is 6.07 Å². The molecule has 2 rings (SSSR count). The van der Waals surface area contributed by atoms with E-state index < -0.39 is 10.0 Å². The molecule has 7 heteroatoms. The number of piperazine rings is 1. The van der Waals surface area contributed by atoms with Crippen molar-refractivity contribution in [2.45, 2.75) is 30.8 Å². The summed E-state index contributed by atoms with van der Waals surface area (Å²) in [5.41, 5.74) is 6.15. The molecule has 1 aromatic carbocycles. The van der Waals surface area contributed by atoms with Crippen LogP contribution < -0.4 is 10.5 Å². The van der Waals surface area contributed by atoms with Crippen molar-refractivity contribution in [3.8, 4) is 5.75 Å². The molecule has 21 heavy (non-hydrogen) atoms. The van der Waals surface area contributed by atoms with Crippen LogP contribution in [0.25, 0.3) is 0 Å². The summed E-state index contributed by atoms with van der Waals surface area (Å²) in [6.45, 7) is 5.02. The first kappa shape index (κ1) is 16.1. The summed E-state index contributed by atoms with van der Waals surface area (Å²) >= 11 is 0. The van der Waals surface area contributed by atoms with E-state index in [0.717, 1.165) is 0 Å². The smallest absolute Gasteiger partial charge is 0.243 e. The molecule has 0 aliphatic carbocycles. The third-order valence-corrected chi connectivity index (χ3v) is 5.99. The molecular formula is C14H23N3O3S. The first-order chi connectivity index (χ1) is 9.77. The highest BCUT2D eigenvalue weighted by atomic mass is 32.2. The van der Waals surface area contributed by atoms with Crippen molar-refractivity contribution in [3.05, 3.63) is 18.2 Å². The minimum atomic E-state index is -3.53. The van der Waals surface area contributed by atoms with Gasteiger partial charge in [-0.25, -0.2) is 8.42 Å². The molecule has 2 N–H and O–H groups in total. The SMILES string of the molecule is COc1ccc(S(=O)(=O)N2CC(C)N(C)C(C)C2)cc1N. The third-order valence-electron chi connectivity index (χ3n) is 4.17. The van der Waals surface area contributed by atoms with Crippen LogP contribution in [0.1, 0.15) is 13.8 Å². The first-order valence-electron chi connectivity index (χ1n) is 6.93. The number of anilines is 1. The van der Waals surface area contributed by atoms with Gasteiger partial charge in [-0.3, -0.25) is 4.90 Å². The lowest BCUT2D eigenvalue weighted by atomic mass is 10.1.